The summed E-state index contributed by atoms with van der Waals surface area (Å²) in [5.74, 6) is 0.778. The van der Waals surface area contributed by atoms with Gasteiger partial charge in [-0.2, -0.15) is 5.26 Å². The quantitative estimate of drug-likeness (QED) is 0.805. The summed E-state index contributed by atoms with van der Waals surface area (Å²) in [5, 5.41) is 8.92. The van der Waals surface area contributed by atoms with Gasteiger partial charge in [0.25, 0.3) is 0 Å². The summed E-state index contributed by atoms with van der Waals surface area (Å²) >= 11 is 0. The van der Waals surface area contributed by atoms with Crippen LogP contribution in [0.4, 0.5) is 0 Å². The number of nitriles is 1. The zero-order valence-electron chi connectivity index (χ0n) is 10.7. The molecule has 2 heteroatoms. The molecule has 1 atom stereocenters. The smallest absolute Gasteiger partial charge is 0.124 e. The third kappa shape index (κ3) is 2.46. The van der Waals surface area contributed by atoms with Gasteiger partial charge in [-0.05, 0) is 48.6 Å². The fourth-order valence-electron chi connectivity index (χ4n) is 2.64. The molecule has 2 nitrogen and oxygen atoms in total. The summed E-state index contributed by atoms with van der Waals surface area (Å²) in [5.41, 5.74) is 3.31. The zero-order chi connectivity index (χ0) is 13.1. The maximum Gasteiger partial charge on any atom is 0.124 e. The first kappa shape index (κ1) is 11.8. The van der Waals surface area contributed by atoms with Gasteiger partial charge in [0.1, 0.15) is 11.9 Å². The van der Waals surface area contributed by atoms with Crippen molar-refractivity contribution in [3.05, 3.63) is 65.2 Å². The number of benzene rings is 2. The van der Waals surface area contributed by atoms with Gasteiger partial charge < -0.3 is 4.74 Å². The Kier molecular flexibility index (Phi) is 3.20. The van der Waals surface area contributed by atoms with Gasteiger partial charge in [-0.25, -0.2) is 0 Å². The first-order valence-corrected chi connectivity index (χ1v) is 6.61. The van der Waals surface area contributed by atoms with Gasteiger partial charge in [0.05, 0.1) is 11.6 Å². The number of nitrogens with zero attached hydrogens (tertiary/aromatic N) is 1. The van der Waals surface area contributed by atoms with Crippen LogP contribution in [0.5, 0.6) is 5.75 Å². The van der Waals surface area contributed by atoms with E-state index in [0.29, 0.717) is 5.56 Å². The number of fused-ring (bicyclic) bond motifs is 1. The van der Waals surface area contributed by atoms with Crippen LogP contribution in [0.1, 0.15) is 35.6 Å². The summed E-state index contributed by atoms with van der Waals surface area (Å²) in [6, 6.07) is 18.0. The fourth-order valence-corrected chi connectivity index (χ4v) is 2.64. The highest BCUT2D eigenvalue weighted by molar-refractivity contribution is 5.37. The van der Waals surface area contributed by atoms with E-state index in [4.69, 9.17) is 10.00 Å². The molecule has 0 saturated carbocycles. The average Bonchev–Trinajstić information content (AvgIpc) is 2.48. The fraction of sp³-hybridized carbons (Fsp3) is 0.235. The zero-order valence-corrected chi connectivity index (χ0v) is 10.7. The maximum atomic E-state index is 8.92. The minimum atomic E-state index is 0.110. The SMILES string of the molecule is N#Cc1cccc(OC2CCCc3ccccc32)c1. The molecule has 94 valence electrons. The maximum absolute atomic E-state index is 8.92. The third-order valence-electron chi connectivity index (χ3n) is 3.56. The summed E-state index contributed by atoms with van der Waals surface area (Å²) in [4.78, 5) is 0. The van der Waals surface area contributed by atoms with Crippen LogP contribution in [0, 0.1) is 11.3 Å². The minimum absolute atomic E-state index is 0.110. The molecule has 19 heavy (non-hydrogen) atoms. The predicted molar refractivity (Wildman–Crippen MR) is 73.9 cm³/mol. The molecule has 0 amide bonds. The molecule has 0 N–H and O–H groups in total. The van der Waals surface area contributed by atoms with Crippen LogP contribution in [0.3, 0.4) is 0 Å². The van der Waals surface area contributed by atoms with Gasteiger partial charge >= 0.3 is 0 Å². The van der Waals surface area contributed by atoms with Crippen molar-refractivity contribution in [3.8, 4) is 11.8 Å². The van der Waals surface area contributed by atoms with E-state index in [2.05, 4.69) is 30.3 Å². The summed E-state index contributed by atoms with van der Waals surface area (Å²) in [7, 11) is 0. The van der Waals surface area contributed by atoms with Crippen LogP contribution >= 0.6 is 0 Å². The molecule has 0 radical (unpaired) electrons. The minimum Gasteiger partial charge on any atom is -0.486 e. The lowest BCUT2D eigenvalue weighted by Gasteiger charge is -2.26. The normalized spacial score (nSPS) is 17.3. The van der Waals surface area contributed by atoms with E-state index in [-0.39, 0.29) is 6.10 Å². The molecule has 1 aliphatic carbocycles. The summed E-state index contributed by atoms with van der Waals surface area (Å²) in [6.07, 6.45) is 3.43. The molecule has 1 aliphatic rings. The highest BCUT2D eigenvalue weighted by Gasteiger charge is 2.21. The van der Waals surface area contributed by atoms with Crippen LogP contribution < -0.4 is 4.74 Å². The Morgan fingerprint density at radius 1 is 1.11 bits per heavy atom. The Bertz CT molecular complexity index is 627. The van der Waals surface area contributed by atoms with E-state index in [1.165, 1.54) is 11.1 Å². The number of ether oxygens (including phenoxy) is 1. The molecule has 3 rings (SSSR count). The Morgan fingerprint density at radius 2 is 2.00 bits per heavy atom. The first-order chi connectivity index (χ1) is 9.36. The Hall–Kier alpha value is -2.27. The second kappa shape index (κ2) is 5.16. The third-order valence-corrected chi connectivity index (χ3v) is 3.56. The largest absolute Gasteiger partial charge is 0.486 e. The molecule has 0 spiro atoms. The predicted octanol–water partition coefficient (Wildman–Crippen LogP) is 4.01. The molecule has 0 fully saturated rings. The molecular formula is C17H15NO. The van der Waals surface area contributed by atoms with Crippen molar-refractivity contribution < 1.29 is 4.74 Å². The first-order valence-electron chi connectivity index (χ1n) is 6.61. The average molecular weight is 249 g/mol. The van der Waals surface area contributed by atoms with E-state index in [1.54, 1.807) is 12.1 Å². The van der Waals surface area contributed by atoms with Crippen molar-refractivity contribution >= 4 is 0 Å². The van der Waals surface area contributed by atoms with E-state index in [1.807, 2.05) is 12.1 Å². The van der Waals surface area contributed by atoms with Crippen molar-refractivity contribution in [1.82, 2.24) is 0 Å². The van der Waals surface area contributed by atoms with Crippen LogP contribution in [-0.2, 0) is 6.42 Å². The highest BCUT2D eigenvalue weighted by atomic mass is 16.5. The molecular weight excluding hydrogens is 234 g/mol. The molecule has 2 aromatic carbocycles. The van der Waals surface area contributed by atoms with E-state index < -0.39 is 0 Å². The van der Waals surface area contributed by atoms with Gasteiger partial charge in [-0.1, -0.05) is 30.3 Å². The van der Waals surface area contributed by atoms with Gasteiger partial charge in [0.2, 0.25) is 0 Å². The molecule has 0 heterocycles. The van der Waals surface area contributed by atoms with Gasteiger partial charge in [0.15, 0.2) is 0 Å². The van der Waals surface area contributed by atoms with Gasteiger partial charge in [-0.15, -0.1) is 0 Å². The lowest BCUT2D eigenvalue weighted by atomic mass is 9.89. The Balaban J connectivity index is 1.86. The van der Waals surface area contributed by atoms with Crippen LogP contribution in [0.25, 0.3) is 0 Å². The molecule has 0 aliphatic heterocycles. The second-order valence-corrected chi connectivity index (χ2v) is 4.84. The Morgan fingerprint density at radius 3 is 2.89 bits per heavy atom. The van der Waals surface area contributed by atoms with E-state index in [9.17, 15) is 0 Å². The monoisotopic (exact) mass is 249 g/mol. The second-order valence-electron chi connectivity index (χ2n) is 4.84. The summed E-state index contributed by atoms with van der Waals surface area (Å²) in [6.45, 7) is 0. The van der Waals surface area contributed by atoms with Crippen LogP contribution in [0.2, 0.25) is 0 Å². The lowest BCUT2D eigenvalue weighted by Crippen LogP contribution is -2.15. The van der Waals surface area contributed by atoms with Crippen molar-refractivity contribution in [2.24, 2.45) is 0 Å². The number of hydrogen-bond donors (Lipinski definition) is 0. The number of rotatable bonds is 2. The standard InChI is InChI=1S/C17H15NO/c18-12-13-5-3-8-15(11-13)19-17-10-4-7-14-6-1-2-9-16(14)17/h1-3,5-6,8-9,11,17H,4,7,10H2. The molecule has 0 saturated heterocycles. The van der Waals surface area contributed by atoms with E-state index >= 15 is 0 Å². The lowest BCUT2D eigenvalue weighted by molar-refractivity contribution is 0.183. The summed E-state index contributed by atoms with van der Waals surface area (Å²) < 4.78 is 6.07. The van der Waals surface area contributed by atoms with Crippen molar-refractivity contribution in [1.29, 1.82) is 5.26 Å². The Labute approximate surface area is 113 Å². The topological polar surface area (TPSA) is 33.0 Å². The van der Waals surface area contributed by atoms with Crippen LogP contribution in [0.15, 0.2) is 48.5 Å². The molecule has 2 aromatic rings. The number of hydrogen-bond acceptors (Lipinski definition) is 2. The number of aryl methyl sites for hydroxylation is 1. The van der Waals surface area contributed by atoms with Crippen molar-refractivity contribution in [2.75, 3.05) is 0 Å². The van der Waals surface area contributed by atoms with E-state index in [0.717, 1.165) is 25.0 Å². The van der Waals surface area contributed by atoms with Gasteiger partial charge in [-0.3, -0.25) is 0 Å². The molecule has 1 unspecified atom stereocenters. The van der Waals surface area contributed by atoms with Crippen molar-refractivity contribution in [3.63, 3.8) is 0 Å². The highest BCUT2D eigenvalue weighted by Crippen LogP contribution is 2.33. The van der Waals surface area contributed by atoms with Crippen molar-refractivity contribution in [2.45, 2.75) is 25.4 Å². The molecule has 0 bridgehead atoms. The van der Waals surface area contributed by atoms with Gasteiger partial charge in [0, 0.05) is 0 Å². The molecule has 0 aromatic heterocycles. The van der Waals surface area contributed by atoms with Crippen LogP contribution in [-0.4, -0.2) is 0 Å².